The number of guanidine groups is 1. The van der Waals surface area contributed by atoms with Crippen molar-refractivity contribution in [3.8, 4) is 0 Å². The molecular weight excluding hydrogens is 525 g/mol. The van der Waals surface area contributed by atoms with Crippen LogP contribution < -0.4 is 15.5 Å². The Morgan fingerprint density at radius 1 is 1.30 bits per heavy atom. The Labute approximate surface area is 195 Å². The standard InChI is InChI=1S/C20H32F2N4O2S.HI/c1-5-23-19(24-14-20(2,3)10-12-29(4,27)28)25-15-9-11-26(13-15)18-16(21)7-6-8-17(18)22;/h6-8,15H,5,9-14H2,1-4H3,(H2,23,24,25);1H. The normalized spacial score (nSPS) is 17.6. The summed E-state index contributed by atoms with van der Waals surface area (Å²) in [6, 6.07) is 3.90. The van der Waals surface area contributed by atoms with E-state index in [1.165, 1.54) is 24.5 Å². The molecule has 1 aliphatic rings. The number of para-hydroxylation sites is 1. The fraction of sp³-hybridized carbons (Fsp3) is 0.650. The summed E-state index contributed by atoms with van der Waals surface area (Å²) in [4.78, 5) is 6.33. The van der Waals surface area contributed by atoms with Crippen molar-refractivity contribution in [3.63, 3.8) is 0 Å². The predicted molar refractivity (Wildman–Crippen MR) is 130 cm³/mol. The molecule has 2 N–H and O–H groups in total. The molecule has 10 heteroatoms. The Morgan fingerprint density at radius 2 is 1.93 bits per heavy atom. The SMILES string of the molecule is CCNC(=NCC(C)(C)CCS(C)(=O)=O)NC1CCN(c2c(F)cccc2F)C1.I. The molecule has 6 nitrogen and oxygen atoms in total. The maximum absolute atomic E-state index is 14.0. The molecule has 0 aliphatic carbocycles. The summed E-state index contributed by atoms with van der Waals surface area (Å²) in [5.41, 5.74) is -0.246. The van der Waals surface area contributed by atoms with Crippen molar-refractivity contribution in [1.82, 2.24) is 10.6 Å². The summed E-state index contributed by atoms with van der Waals surface area (Å²) in [5, 5.41) is 6.52. The summed E-state index contributed by atoms with van der Waals surface area (Å²) in [5.74, 6) is -0.357. The minimum Gasteiger partial charge on any atom is -0.365 e. The van der Waals surface area contributed by atoms with E-state index in [2.05, 4.69) is 15.6 Å². The molecule has 0 aromatic heterocycles. The average molecular weight is 558 g/mol. The molecule has 1 unspecified atom stereocenters. The first-order chi connectivity index (χ1) is 13.5. The zero-order chi connectivity index (χ0) is 21.7. The quantitative estimate of drug-likeness (QED) is 0.292. The minimum atomic E-state index is -3.01. The smallest absolute Gasteiger partial charge is 0.191 e. The molecule has 172 valence electrons. The van der Waals surface area contributed by atoms with Gasteiger partial charge in [0.1, 0.15) is 27.2 Å². The van der Waals surface area contributed by atoms with Crippen LogP contribution in [-0.4, -0.2) is 58.6 Å². The molecule has 1 heterocycles. The third kappa shape index (κ3) is 8.52. The van der Waals surface area contributed by atoms with Crippen molar-refractivity contribution < 1.29 is 17.2 Å². The topological polar surface area (TPSA) is 73.8 Å². The summed E-state index contributed by atoms with van der Waals surface area (Å²) >= 11 is 0. The van der Waals surface area contributed by atoms with Crippen LogP contribution in [0, 0.1) is 17.0 Å². The summed E-state index contributed by atoms with van der Waals surface area (Å²) in [6.07, 6.45) is 2.50. The first-order valence-corrected chi connectivity index (χ1v) is 12.0. The van der Waals surface area contributed by atoms with E-state index >= 15 is 0 Å². The summed E-state index contributed by atoms with van der Waals surface area (Å²) in [7, 11) is -3.01. The van der Waals surface area contributed by atoms with Crippen molar-refractivity contribution in [1.29, 1.82) is 0 Å². The zero-order valence-electron chi connectivity index (χ0n) is 18.0. The fourth-order valence-electron chi connectivity index (χ4n) is 3.22. The van der Waals surface area contributed by atoms with Gasteiger partial charge in [0.2, 0.25) is 0 Å². The van der Waals surface area contributed by atoms with E-state index in [9.17, 15) is 17.2 Å². The maximum Gasteiger partial charge on any atom is 0.191 e. The largest absolute Gasteiger partial charge is 0.365 e. The maximum atomic E-state index is 14.0. The van der Waals surface area contributed by atoms with Gasteiger partial charge in [0, 0.05) is 38.5 Å². The lowest BCUT2D eigenvalue weighted by molar-refractivity contribution is 0.365. The highest BCUT2D eigenvalue weighted by Gasteiger charge is 2.27. The number of sulfone groups is 1. The number of nitrogens with one attached hydrogen (secondary N) is 2. The Balaban J connectivity index is 0.00000450. The highest BCUT2D eigenvalue weighted by molar-refractivity contribution is 14.0. The van der Waals surface area contributed by atoms with E-state index in [0.717, 1.165) is 6.42 Å². The molecule has 0 bridgehead atoms. The lowest BCUT2D eigenvalue weighted by Crippen LogP contribution is -2.45. The number of halogens is 3. The molecule has 1 aliphatic heterocycles. The fourth-order valence-corrected chi connectivity index (χ4v) is 4.14. The van der Waals surface area contributed by atoms with E-state index in [-0.39, 0.29) is 46.9 Å². The van der Waals surface area contributed by atoms with Gasteiger partial charge in [-0.3, -0.25) is 4.99 Å². The van der Waals surface area contributed by atoms with E-state index in [1.54, 1.807) is 4.90 Å². The van der Waals surface area contributed by atoms with Crippen molar-refractivity contribution in [2.75, 3.05) is 43.1 Å². The predicted octanol–water partition coefficient (Wildman–Crippen LogP) is 3.18. The molecular formula is C20H33F2IN4O2S. The van der Waals surface area contributed by atoms with Crippen LogP contribution in [0.1, 0.15) is 33.6 Å². The van der Waals surface area contributed by atoms with Crippen LogP contribution in [0.25, 0.3) is 0 Å². The molecule has 1 aromatic carbocycles. The molecule has 0 radical (unpaired) electrons. The molecule has 0 amide bonds. The van der Waals surface area contributed by atoms with Gasteiger partial charge in [-0.1, -0.05) is 19.9 Å². The van der Waals surface area contributed by atoms with Crippen LogP contribution in [-0.2, 0) is 9.84 Å². The lowest BCUT2D eigenvalue weighted by atomic mass is 9.90. The number of rotatable bonds is 8. The van der Waals surface area contributed by atoms with Gasteiger partial charge in [0.25, 0.3) is 0 Å². The van der Waals surface area contributed by atoms with E-state index in [1.807, 2.05) is 20.8 Å². The average Bonchev–Trinajstić information content (AvgIpc) is 3.06. The number of benzene rings is 1. The van der Waals surface area contributed by atoms with E-state index in [4.69, 9.17) is 0 Å². The van der Waals surface area contributed by atoms with Crippen molar-refractivity contribution in [2.24, 2.45) is 10.4 Å². The number of hydrogen-bond acceptors (Lipinski definition) is 4. The van der Waals surface area contributed by atoms with Gasteiger partial charge in [-0.2, -0.15) is 0 Å². The van der Waals surface area contributed by atoms with Crippen LogP contribution in [0.5, 0.6) is 0 Å². The lowest BCUT2D eigenvalue weighted by Gasteiger charge is -2.24. The molecule has 0 spiro atoms. The number of anilines is 1. The summed E-state index contributed by atoms with van der Waals surface area (Å²) < 4.78 is 50.9. The second-order valence-corrected chi connectivity index (χ2v) is 10.6. The highest BCUT2D eigenvalue weighted by Crippen LogP contribution is 2.27. The molecule has 0 saturated carbocycles. The van der Waals surface area contributed by atoms with Gasteiger partial charge in [0.05, 0.1) is 5.75 Å². The third-order valence-corrected chi connectivity index (χ3v) is 5.89. The van der Waals surface area contributed by atoms with Gasteiger partial charge < -0.3 is 15.5 Å². The van der Waals surface area contributed by atoms with Gasteiger partial charge in [-0.25, -0.2) is 17.2 Å². The zero-order valence-corrected chi connectivity index (χ0v) is 21.2. The molecule has 1 saturated heterocycles. The van der Waals surface area contributed by atoms with Crippen molar-refractivity contribution in [2.45, 2.75) is 39.7 Å². The first-order valence-electron chi connectivity index (χ1n) is 9.92. The van der Waals surface area contributed by atoms with Crippen LogP contribution in [0.2, 0.25) is 0 Å². The summed E-state index contributed by atoms with van der Waals surface area (Å²) in [6.45, 7) is 8.10. The Kier molecular flexibility index (Phi) is 10.3. The van der Waals surface area contributed by atoms with E-state index in [0.29, 0.717) is 38.6 Å². The van der Waals surface area contributed by atoms with Gasteiger partial charge >= 0.3 is 0 Å². The Morgan fingerprint density at radius 3 is 2.50 bits per heavy atom. The van der Waals surface area contributed by atoms with Gasteiger partial charge in [-0.05, 0) is 37.3 Å². The van der Waals surface area contributed by atoms with Crippen LogP contribution in [0.15, 0.2) is 23.2 Å². The number of hydrogen-bond donors (Lipinski definition) is 2. The Bertz CT molecular complexity index is 814. The number of nitrogens with zero attached hydrogens (tertiary/aromatic N) is 2. The van der Waals surface area contributed by atoms with Crippen LogP contribution in [0.4, 0.5) is 14.5 Å². The molecule has 1 fully saturated rings. The molecule has 1 aromatic rings. The molecule has 30 heavy (non-hydrogen) atoms. The first kappa shape index (κ1) is 26.9. The van der Waals surface area contributed by atoms with Crippen LogP contribution in [0.3, 0.4) is 0 Å². The second kappa shape index (κ2) is 11.4. The van der Waals surface area contributed by atoms with Gasteiger partial charge in [-0.15, -0.1) is 24.0 Å². The molecule has 1 atom stereocenters. The Hall–Kier alpha value is -1.17. The number of aliphatic imine (C=N–C) groups is 1. The monoisotopic (exact) mass is 558 g/mol. The van der Waals surface area contributed by atoms with Crippen LogP contribution >= 0.6 is 24.0 Å². The highest BCUT2D eigenvalue weighted by atomic mass is 127. The van der Waals surface area contributed by atoms with Crippen molar-refractivity contribution >= 4 is 45.5 Å². The van der Waals surface area contributed by atoms with E-state index < -0.39 is 21.5 Å². The van der Waals surface area contributed by atoms with Gasteiger partial charge in [0.15, 0.2) is 5.96 Å². The molecule has 2 rings (SSSR count). The second-order valence-electron chi connectivity index (χ2n) is 8.39. The third-order valence-electron chi connectivity index (χ3n) is 4.94. The van der Waals surface area contributed by atoms with Crippen molar-refractivity contribution in [3.05, 3.63) is 29.8 Å². The minimum absolute atomic E-state index is 0.